The van der Waals surface area contributed by atoms with E-state index in [2.05, 4.69) is 265 Å². The van der Waals surface area contributed by atoms with Crippen LogP contribution in [0.4, 0.5) is 34.1 Å². The molecule has 0 radical (unpaired) electrons. The van der Waals surface area contributed by atoms with Crippen LogP contribution in [0.15, 0.2) is 164 Å². The summed E-state index contributed by atoms with van der Waals surface area (Å²) in [5.74, 6) is 0. The SMILES string of the molecule is CC(C)(C)c1ccc2c(c1)c1cc(C(C)(C)C)cc3c4ccc(N5c6ccccc6B6c7cc8c9cc(C(C)(C)C)cc%10c%11cc(C(C)(C)C)ccc%11n(c8cc7N(c7ccccc7)c7cccc5c76)c%109)cc4n2c13. The summed E-state index contributed by atoms with van der Waals surface area (Å²) in [7, 11) is 0. The quantitative estimate of drug-likeness (QED) is 0.160. The third kappa shape index (κ3) is 6.07. The molecule has 4 nitrogen and oxygen atoms in total. The van der Waals surface area contributed by atoms with Gasteiger partial charge in [0.15, 0.2) is 0 Å². The first-order chi connectivity index (χ1) is 35.7. The van der Waals surface area contributed by atoms with E-state index in [1.54, 1.807) is 0 Å². The van der Waals surface area contributed by atoms with Crippen LogP contribution in [0.25, 0.3) is 76.2 Å². The Kier molecular flexibility index (Phi) is 8.67. The highest BCUT2D eigenvalue weighted by Gasteiger charge is 2.44. The second-order valence-electron chi connectivity index (χ2n) is 26.3. The molecular formula is C70H63BN4. The maximum Gasteiger partial charge on any atom is 0.252 e. The van der Waals surface area contributed by atoms with Gasteiger partial charge in [-0.25, -0.2) is 0 Å². The standard InChI is InChI=1S/C70H63BN4/c1-67(2,3)40-25-29-56-47(31-40)51-34-42(69(7,8)9)33-50-46-28-27-45(37-61(46)74(56)65(50)51)73-58-22-17-16-21-54(58)71-55-38-49-53-36-43(70(10,11)12)35-52-48-32-41(68(4,5)6)26-30-57(48)75(66(52)53)62(49)39-63(55)72(44-19-14-13-15-20-44)59-23-18-24-60(73)64(59)71/h13-39H,1-12H3. The summed E-state index contributed by atoms with van der Waals surface area (Å²) in [6, 6.07) is 64.1. The second-order valence-corrected chi connectivity index (χ2v) is 26.3. The molecule has 75 heavy (non-hydrogen) atoms. The minimum Gasteiger partial charge on any atom is -0.311 e. The van der Waals surface area contributed by atoms with Crippen LogP contribution in [0.1, 0.15) is 105 Å². The molecule has 5 heteroatoms. The summed E-state index contributed by atoms with van der Waals surface area (Å²) >= 11 is 0. The number of rotatable bonds is 2. The molecular weight excluding hydrogens is 908 g/mol. The van der Waals surface area contributed by atoms with Crippen LogP contribution < -0.4 is 26.2 Å². The average molecular weight is 971 g/mol. The molecule has 9 aromatic carbocycles. The summed E-state index contributed by atoms with van der Waals surface area (Å²) in [6.07, 6.45) is 0. The number of fused-ring (bicyclic) bond motifs is 16. The molecule has 0 saturated heterocycles. The van der Waals surface area contributed by atoms with E-state index in [-0.39, 0.29) is 28.4 Å². The second kappa shape index (κ2) is 14.5. The smallest absolute Gasteiger partial charge is 0.252 e. The lowest BCUT2D eigenvalue weighted by Crippen LogP contribution is -2.61. The van der Waals surface area contributed by atoms with Gasteiger partial charge < -0.3 is 18.6 Å². The Bertz CT molecular complexity index is 4580. The number of nitrogens with zero attached hydrogens (tertiary/aromatic N) is 4. The molecule has 4 aromatic heterocycles. The molecule has 366 valence electrons. The van der Waals surface area contributed by atoms with E-state index >= 15 is 0 Å². The van der Waals surface area contributed by atoms with Crippen molar-refractivity contribution >= 4 is 133 Å². The number of para-hydroxylation sites is 2. The first-order valence-corrected chi connectivity index (χ1v) is 27.2. The molecule has 0 aliphatic carbocycles. The van der Waals surface area contributed by atoms with Crippen LogP contribution in [0.3, 0.4) is 0 Å². The zero-order valence-electron chi connectivity index (χ0n) is 45.5. The van der Waals surface area contributed by atoms with E-state index in [1.807, 2.05) is 0 Å². The fourth-order valence-corrected chi connectivity index (χ4v) is 13.5. The third-order valence-corrected chi connectivity index (χ3v) is 17.5. The van der Waals surface area contributed by atoms with Gasteiger partial charge in [0.25, 0.3) is 6.71 Å². The summed E-state index contributed by atoms with van der Waals surface area (Å²) in [5.41, 5.74) is 24.3. The zero-order chi connectivity index (χ0) is 51.6. The van der Waals surface area contributed by atoms with Gasteiger partial charge >= 0.3 is 0 Å². The van der Waals surface area contributed by atoms with E-state index in [0.29, 0.717) is 0 Å². The van der Waals surface area contributed by atoms with Gasteiger partial charge in [0.2, 0.25) is 0 Å². The number of hydrogen-bond donors (Lipinski definition) is 0. The molecule has 15 rings (SSSR count). The van der Waals surface area contributed by atoms with Crippen LogP contribution in [-0.2, 0) is 21.7 Å². The minimum absolute atomic E-state index is 0.00391. The Hall–Kier alpha value is -7.76. The monoisotopic (exact) mass is 971 g/mol. The topological polar surface area (TPSA) is 15.3 Å². The number of hydrogen-bond acceptors (Lipinski definition) is 2. The van der Waals surface area contributed by atoms with Crippen molar-refractivity contribution in [2.24, 2.45) is 0 Å². The van der Waals surface area contributed by atoms with Gasteiger partial charge in [-0.15, -0.1) is 0 Å². The van der Waals surface area contributed by atoms with E-state index in [4.69, 9.17) is 0 Å². The molecule has 0 saturated carbocycles. The molecule has 2 aliphatic rings. The lowest BCUT2D eigenvalue weighted by Gasteiger charge is -2.44. The lowest BCUT2D eigenvalue weighted by atomic mass is 9.33. The molecule has 0 spiro atoms. The maximum absolute atomic E-state index is 2.59. The molecule has 0 atom stereocenters. The van der Waals surface area contributed by atoms with Gasteiger partial charge in [-0.1, -0.05) is 150 Å². The van der Waals surface area contributed by atoms with Crippen molar-refractivity contribution in [1.82, 2.24) is 8.80 Å². The molecule has 6 heterocycles. The van der Waals surface area contributed by atoms with Crippen molar-refractivity contribution in [1.29, 1.82) is 0 Å². The first kappa shape index (κ1) is 44.7. The Morgan fingerprint density at radius 2 is 0.747 bits per heavy atom. The zero-order valence-corrected chi connectivity index (χ0v) is 45.5. The Balaban J connectivity index is 1.00. The maximum atomic E-state index is 2.59. The van der Waals surface area contributed by atoms with Crippen LogP contribution in [0.2, 0.25) is 0 Å². The Labute approximate surface area is 440 Å². The Morgan fingerprint density at radius 1 is 0.293 bits per heavy atom. The molecule has 0 amide bonds. The van der Waals surface area contributed by atoms with E-state index < -0.39 is 0 Å². The van der Waals surface area contributed by atoms with Crippen LogP contribution in [-0.4, -0.2) is 15.5 Å². The van der Waals surface area contributed by atoms with Crippen LogP contribution >= 0.6 is 0 Å². The van der Waals surface area contributed by atoms with Gasteiger partial charge in [-0.05, 0) is 157 Å². The van der Waals surface area contributed by atoms with Crippen molar-refractivity contribution in [3.8, 4) is 0 Å². The third-order valence-electron chi connectivity index (χ3n) is 17.5. The van der Waals surface area contributed by atoms with Gasteiger partial charge in [0.05, 0.1) is 33.1 Å². The van der Waals surface area contributed by atoms with Crippen molar-refractivity contribution in [2.75, 3.05) is 9.80 Å². The highest BCUT2D eigenvalue weighted by atomic mass is 15.2. The average Bonchev–Trinajstić information content (AvgIpc) is 4.25. The van der Waals surface area contributed by atoms with Crippen molar-refractivity contribution < 1.29 is 0 Å². The lowest BCUT2D eigenvalue weighted by molar-refractivity contribution is 0.590. The summed E-state index contributed by atoms with van der Waals surface area (Å²) in [5, 5.41) is 10.6. The highest BCUT2D eigenvalue weighted by molar-refractivity contribution is 7.00. The molecule has 0 unspecified atom stereocenters. The van der Waals surface area contributed by atoms with Crippen molar-refractivity contribution in [2.45, 2.75) is 105 Å². The predicted molar refractivity (Wildman–Crippen MR) is 325 cm³/mol. The predicted octanol–water partition coefficient (Wildman–Crippen LogP) is 17.3. The van der Waals surface area contributed by atoms with Gasteiger partial charge in [0.1, 0.15) is 0 Å². The van der Waals surface area contributed by atoms with Gasteiger partial charge in [-0.2, -0.15) is 0 Å². The first-order valence-electron chi connectivity index (χ1n) is 27.2. The van der Waals surface area contributed by atoms with Crippen molar-refractivity contribution in [3.63, 3.8) is 0 Å². The fraction of sp³-hybridized carbons (Fsp3) is 0.229. The molecule has 0 N–H and O–H groups in total. The van der Waals surface area contributed by atoms with E-state index in [9.17, 15) is 0 Å². The number of benzene rings is 9. The largest absolute Gasteiger partial charge is 0.311 e. The number of aromatic nitrogens is 2. The minimum atomic E-state index is -0.0343. The van der Waals surface area contributed by atoms with E-state index in [1.165, 1.54) is 138 Å². The number of anilines is 6. The fourth-order valence-electron chi connectivity index (χ4n) is 13.5. The van der Waals surface area contributed by atoms with E-state index in [0.717, 1.165) is 11.4 Å². The Morgan fingerprint density at radius 3 is 1.29 bits per heavy atom. The van der Waals surface area contributed by atoms with Crippen LogP contribution in [0.5, 0.6) is 0 Å². The summed E-state index contributed by atoms with van der Waals surface area (Å²) in [4.78, 5) is 5.12. The summed E-state index contributed by atoms with van der Waals surface area (Å²) in [6.45, 7) is 28.1. The summed E-state index contributed by atoms with van der Waals surface area (Å²) < 4.78 is 5.15. The molecule has 0 bridgehead atoms. The highest BCUT2D eigenvalue weighted by Crippen LogP contribution is 2.50. The van der Waals surface area contributed by atoms with Crippen LogP contribution in [0, 0.1) is 0 Å². The molecule has 2 aliphatic heterocycles. The van der Waals surface area contributed by atoms with Gasteiger partial charge in [0, 0.05) is 77.2 Å². The van der Waals surface area contributed by atoms with Gasteiger partial charge in [-0.3, -0.25) is 0 Å². The van der Waals surface area contributed by atoms with Crippen molar-refractivity contribution in [3.05, 3.63) is 186 Å². The normalized spacial score (nSPS) is 14.3. The molecule has 0 fully saturated rings. The molecule has 13 aromatic rings.